The van der Waals surface area contributed by atoms with Crippen LogP contribution in [0.3, 0.4) is 0 Å². The Morgan fingerprint density at radius 2 is 1.64 bits per heavy atom. The molecule has 2 rings (SSSR count). The van der Waals surface area contributed by atoms with Crippen molar-refractivity contribution >= 4 is 5.97 Å². The number of carbonyl (C=O) groups is 1. The molecule has 0 amide bonds. The molecule has 0 spiro atoms. The van der Waals surface area contributed by atoms with Gasteiger partial charge in [-0.05, 0) is 43.5 Å². The lowest BCUT2D eigenvalue weighted by Crippen LogP contribution is -2.07. The molecular weight excluding hydrogens is 312 g/mol. The van der Waals surface area contributed by atoms with Gasteiger partial charge in [-0.2, -0.15) is 0 Å². The van der Waals surface area contributed by atoms with E-state index in [2.05, 4.69) is 23.8 Å². The third-order valence-corrected chi connectivity index (χ3v) is 4.11. The summed E-state index contributed by atoms with van der Waals surface area (Å²) in [6, 6.07) is 7.44. The third kappa shape index (κ3) is 6.65. The van der Waals surface area contributed by atoms with Crippen molar-refractivity contribution < 1.29 is 9.53 Å². The summed E-state index contributed by atoms with van der Waals surface area (Å²) in [4.78, 5) is 20.7. The zero-order valence-corrected chi connectivity index (χ0v) is 15.3. The Kier molecular flexibility index (Phi) is 8.10. The highest BCUT2D eigenvalue weighted by atomic mass is 16.5. The first-order valence-electron chi connectivity index (χ1n) is 9.35. The Morgan fingerprint density at radius 3 is 2.28 bits per heavy atom. The van der Waals surface area contributed by atoms with E-state index >= 15 is 0 Å². The highest BCUT2D eigenvalue weighted by molar-refractivity contribution is 5.72. The molecule has 1 heterocycles. The van der Waals surface area contributed by atoms with Crippen molar-refractivity contribution in [1.29, 1.82) is 0 Å². The smallest absolute Gasteiger partial charge is 0.311 e. The van der Waals surface area contributed by atoms with Crippen LogP contribution in [0.15, 0.2) is 36.7 Å². The molecule has 0 aliphatic rings. The Morgan fingerprint density at radius 1 is 0.920 bits per heavy atom. The maximum Gasteiger partial charge on any atom is 0.311 e. The van der Waals surface area contributed by atoms with Crippen molar-refractivity contribution in [1.82, 2.24) is 9.97 Å². The van der Waals surface area contributed by atoms with Crippen LogP contribution in [0.25, 0.3) is 11.3 Å². The molecule has 0 atom stereocenters. The number of unbranched alkanes of at least 4 members (excludes halogenated alkanes) is 4. The molecule has 0 saturated carbocycles. The summed E-state index contributed by atoms with van der Waals surface area (Å²) >= 11 is 0. The second kappa shape index (κ2) is 10.6. The molecule has 134 valence electrons. The van der Waals surface area contributed by atoms with Gasteiger partial charge in [0.1, 0.15) is 5.75 Å². The van der Waals surface area contributed by atoms with Crippen molar-refractivity contribution in [2.75, 3.05) is 0 Å². The number of hydrogen-bond acceptors (Lipinski definition) is 4. The molecule has 1 aromatic carbocycles. The summed E-state index contributed by atoms with van der Waals surface area (Å²) in [7, 11) is 0. The molecule has 0 aliphatic carbocycles. The zero-order chi connectivity index (χ0) is 17.9. The zero-order valence-electron chi connectivity index (χ0n) is 15.3. The minimum Gasteiger partial charge on any atom is -0.427 e. The van der Waals surface area contributed by atoms with Gasteiger partial charge in [-0.1, -0.05) is 39.5 Å². The fourth-order valence-corrected chi connectivity index (χ4v) is 2.58. The van der Waals surface area contributed by atoms with Crippen molar-refractivity contribution in [3.63, 3.8) is 0 Å². The van der Waals surface area contributed by atoms with Crippen LogP contribution in [0, 0.1) is 0 Å². The van der Waals surface area contributed by atoms with Crippen LogP contribution >= 0.6 is 0 Å². The number of benzene rings is 1. The van der Waals surface area contributed by atoms with E-state index in [4.69, 9.17) is 4.74 Å². The molecule has 0 aliphatic heterocycles. The van der Waals surface area contributed by atoms with Crippen LogP contribution in [-0.2, 0) is 11.2 Å². The second-order valence-electron chi connectivity index (χ2n) is 6.31. The first kappa shape index (κ1) is 19.1. The Labute approximate surface area is 150 Å². The molecule has 25 heavy (non-hydrogen) atoms. The van der Waals surface area contributed by atoms with Gasteiger partial charge in [0.25, 0.3) is 0 Å². The number of aromatic nitrogens is 2. The Balaban J connectivity index is 1.89. The van der Waals surface area contributed by atoms with Crippen LogP contribution < -0.4 is 4.74 Å². The number of nitrogens with zero attached hydrogens (tertiary/aromatic N) is 2. The fraction of sp³-hybridized carbons (Fsp3) is 0.476. The lowest BCUT2D eigenvalue weighted by Gasteiger charge is -2.06. The number of aryl methyl sites for hydroxylation is 1. The van der Waals surface area contributed by atoms with E-state index in [0.29, 0.717) is 12.2 Å². The Bertz CT molecular complexity index is 636. The maximum absolute atomic E-state index is 11.7. The molecule has 4 nitrogen and oxygen atoms in total. The molecule has 0 fully saturated rings. The minimum absolute atomic E-state index is 0.169. The van der Waals surface area contributed by atoms with Crippen LogP contribution in [-0.4, -0.2) is 15.9 Å². The maximum atomic E-state index is 11.7. The van der Waals surface area contributed by atoms with Crippen molar-refractivity contribution in [2.45, 2.75) is 65.2 Å². The van der Waals surface area contributed by atoms with Gasteiger partial charge in [-0.3, -0.25) is 14.8 Å². The third-order valence-electron chi connectivity index (χ3n) is 4.11. The van der Waals surface area contributed by atoms with E-state index < -0.39 is 0 Å². The highest BCUT2D eigenvalue weighted by Crippen LogP contribution is 2.21. The number of ether oxygens (including phenoxy) is 1. The second-order valence-corrected chi connectivity index (χ2v) is 6.31. The molecular formula is C21H28N2O2. The SMILES string of the molecule is CCCCCC(=O)Oc1ccc(-c2cnc(CCCCC)cn2)cc1. The average molecular weight is 340 g/mol. The van der Waals surface area contributed by atoms with Crippen molar-refractivity contribution in [2.24, 2.45) is 0 Å². The van der Waals surface area contributed by atoms with Crippen LogP contribution in [0.2, 0.25) is 0 Å². The molecule has 0 radical (unpaired) electrons. The number of rotatable bonds is 10. The normalized spacial score (nSPS) is 10.6. The first-order chi connectivity index (χ1) is 12.2. The number of carbonyl (C=O) groups excluding carboxylic acids is 1. The summed E-state index contributed by atoms with van der Waals surface area (Å²) in [5.74, 6) is 0.409. The minimum atomic E-state index is -0.169. The molecule has 4 heteroatoms. The summed E-state index contributed by atoms with van der Waals surface area (Å²) in [6.45, 7) is 4.31. The van der Waals surface area contributed by atoms with Gasteiger partial charge in [0, 0.05) is 18.2 Å². The van der Waals surface area contributed by atoms with Crippen molar-refractivity contribution in [3.05, 3.63) is 42.4 Å². The molecule has 0 N–H and O–H groups in total. The van der Waals surface area contributed by atoms with Crippen LogP contribution in [0.4, 0.5) is 0 Å². The standard InChI is InChI=1S/C21H28N2O2/c1-3-5-7-9-18-15-23-20(16-22-18)17-11-13-19(14-12-17)25-21(24)10-8-6-4-2/h11-16H,3-10H2,1-2H3. The molecule has 1 aromatic heterocycles. The molecule has 2 aromatic rings. The topological polar surface area (TPSA) is 52.1 Å². The van der Waals surface area contributed by atoms with Gasteiger partial charge in [-0.25, -0.2) is 0 Å². The summed E-state index contributed by atoms with van der Waals surface area (Å²) < 4.78 is 5.35. The Hall–Kier alpha value is -2.23. The van der Waals surface area contributed by atoms with Crippen molar-refractivity contribution in [3.8, 4) is 17.0 Å². The van der Waals surface area contributed by atoms with E-state index in [0.717, 1.165) is 49.1 Å². The van der Waals surface area contributed by atoms with E-state index in [9.17, 15) is 4.79 Å². The van der Waals surface area contributed by atoms with E-state index in [1.165, 1.54) is 12.8 Å². The highest BCUT2D eigenvalue weighted by Gasteiger charge is 2.06. The first-order valence-corrected chi connectivity index (χ1v) is 9.35. The van der Waals surface area contributed by atoms with Gasteiger partial charge in [0.2, 0.25) is 0 Å². The number of hydrogen-bond donors (Lipinski definition) is 0. The lowest BCUT2D eigenvalue weighted by atomic mass is 10.1. The average Bonchev–Trinajstić information content (AvgIpc) is 2.63. The van der Waals surface area contributed by atoms with Gasteiger partial charge >= 0.3 is 5.97 Å². The van der Waals surface area contributed by atoms with Gasteiger partial charge in [0.15, 0.2) is 0 Å². The molecule has 0 bridgehead atoms. The number of esters is 1. The van der Waals surface area contributed by atoms with Crippen LogP contribution in [0.5, 0.6) is 5.75 Å². The lowest BCUT2D eigenvalue weighted by molar-refractivity contribution is -0.134. The predicted molar refractivity (Wildman–Crippen MR) is 100 cm³/mol. The fourth-order valence-electron chi connectivity index (χ4n) is 2.58. The molecule has 0 saturated heterocycles. The monoisotopic (exact) mass is 340 g/mol. The van der Waals surface area contributed by atoms with Gasteiger partial charge in [-0.15, -0.1) is 0 Å². The summed E-state index contributed by atoms with van der Waals surface area (Å²) in [5, 5.41) is 0. The van der Waals surface area contributed by atoms with E-state index in [1.54, 1.807) is 0 Å². The summed E-state index contributed by atoms with van der Waals surface area (Å²) in [6.07, 6.45) is 11.7. The van der Waals surface area contributed by atoms with Gasteiger partial charge < -0.3 is 4.74 Å². The van der Waals surface area contributed by atoms with E-state index in [1.807, 2.05) is 36.7 Å². The summed E-state index contributed by atoms with van der Waals surface area (Å²) in [5.41, 5.74) is 2.84. The van der Waals surface area contributed by atoms with E-state index in [-0.39, 0.29) is 5.97 Å². The van der Waals surface area contributed by atoms with Crippen LogP contribution in [0.1, 0.15) is 64.5 Å². The molecule has 0 unspecified atom stereocenters. The quantitative estimate of drug-likeness (QED) is 0.332. The predicted octanol–water partition coefficient (Wildman–Crippen LogP) is 5.36. The van der Waals surface area contributed by atoms with Gasteiger partial charge in [0.05, 0.1) is 17.6 Å². The largest absolute Gasteiger partial charge is 0.427 e.